The number of hydrogen-bond donors (Lipinski definition) is 3. The lowest BCUT2D eigenvalue weighted by molar-refractivity contribution is 0.0851. The first-order valence-corrected chi connectivity index (χ1v) is 6.89. The molecule has 0 aliphatic rings. The van der Waals surface area contributed by atoms with Gasteiger partial charge < -0.3 is 16.2 Å². The largest absolute Gasteiger partial charge is 0.399 e. The zero-order chi connectivity index (χ0) is 15.4. The van der Waals surface area contributed by atoms with Crippen molar-refractivity contribution in [1.82, 2.24) is 5.32 Å². The zero-order valence-electron chi connectivity index (χ0n) is 12.2. The van der Waals surface area contributed by atoms with Crippen LogP contribution in [0.3, 0.4) is 0 Å². The fourth-order valence-electron chi connectivity index (χ4n) is 2.19. The minimum Gasteiger partial charge on any atom is -0.399 e. The Balaban J connectivity index is 2.10. The Labute approximate surface area is 124 Å². The second kappa shape index (κ2) is 6.41. The van der Waals surface area contributed by atoms with E-state index in [9.17, 15) is 9.90 Å². The predicted molar refractivity (Wildman–Crippen MR) is 83.9 cm³/mol. The summed E-state index contributed by atoms with van der Waals surface area (Å²) >= 11 is 0. The van der Waals surface area contributed by atoms with Gasteiger partial charge in [0.1, 0.15) is 0 Å². The van der Waals surface area contributed by atoms with Gasteiger partial charge in [0.05, 0.1) is 12.1 Å². The van der Waals surface area contributed by atoms with Crippen LogP contribution in [-0.2, 0) is 0 Å². The highest BCUT2D eigenvalue weighted by atomic mass is 16.3. The molecule has 0 aliphatic heterocycles. The van der Waals surface area contributed by atoms with Crippen molar-refractivity contribution in [3.8, 4) is 0 Å². The van der Waals surface area contributed by atoms with Gasteiger partial charge in [0.2, 0.25) is 0 Å². The maximum Gasteiger partial charge on any atom is 0.251 e. The number of nitrogens with two attached hydrogens (primary N) is 1. The summed E-state index contributed by atoms with van der Waals surface area (Å²) in [5.41, 5.74) is 8.41. The van der Waals surface area contributed by atoms with Gasteiger partial charge >= 0.3 is 0 Å². The quantitative estimate of drug-likeness (QED) is 0.755. The molecule has 1 amide bonds. The average molecular weight is 284 g/mol. The summed E-state index contributed by atoms with van der Waals surface area (Å²) < 4.78 is 0. The van der Waals surface area contributed by atoms with Gasteiger partial charge in [-0.05, 0) is 37.1 Å². The number of nitrogen functional groups attached to an aromatic ring is 1. The molecule has 4 heteroatoms. The van der Waals surface area contributed by atoms with Crippen LogP contribution in [0.15, 0.2) is 48.5 Å². The lowest BCUT2D eigenvalue weighted by atomic mass is 10.0. The van der Waals surface area contributed by atoms with Crippen LogP contribution >= 0.6 is 0 Å². The van der Waals surface area contributed by atoms with E-state index in [4.69, 9.17) is 5.73 Å². The van der Waals surface area contributed by atoms with Crippen LogP contribution in [0.2, 0.25) is 0 Å². The molecule has 2 atom stereocenters. The monoisotopic (exact) mass is 284 g/mol. The van der Waals surface area contributed by atoms with Gasteiger partial charge in [0.15, 0.2) is 0 Å². The fourth-order valence-corrected chi connectivity index (χ4v) is 2.19. The third-order valence-corrected chi connectivity index (χ3v) is 3.48. The Morgan fingerprint density at radius 2 is 1.86 bits per heavy atom. The molecule has 0 aromatic heterocycles. The first-order valence-electron chi connectivity index (χ1n) is 6.89. The van der Waals surface area contributed by atoms with Gasteiger partial charge in [-0.25, -0.2) is 0 Å². The SMILES string of the molecule is Cc1ccc(N)cc1C(=O)NC(C)[C@@H](O)c1ccccc1. The van der Waals surface area contributed by atoms with Crippen molar-refractivity contribution in [3.63, 3.8) is 0 Å². The van der Waals surface area contributed by atoms with Crippen molar-refractivity contribution in [3.05, 3.63) is 65.2 Å². The Hall–Kier alpha value is -2.33. The van der Waals surface area contributed by atoms with Gasteiger partial charge in [-0.15, -0.1) is 0 Å². The topological polar surface area (TPSA) is 75.4 Å². The minimum absolute atomic E-state index is 0.234. The van der Waals surface area contributed by atoms with Crippen LogP contribution in [0.25, 0.3) is 0 Å². The van der Waals surface area contributed by atoms with Gasteiger partial charge in [0.25, 0.3) is 5.91 Å². The van der Waals surface area contributed by atoms with Crippen molar-refractivity contribution in [1.29, 1.82) is 0 Å². The third-order valence-electron chi connectivity index (χ3n) is 3.48. The standard InChI is InChI=1S/C17H20N2O2/c1-11-8-9-14(18)10-15(11)17(21)19-12(2)16(20)13-6-4-3-5-7-13/h3-10,12,16,20H,18H2,1-2H3,(H,19,21)/t12?,16-/m1/s1. The molecule has 0 saturated heterocycles. The highest BCUT2D eigenvalue weighted by Crippen LogP contribution is 2.18. The molecule has 0 spiro atoms. The van der Waals surface area contributed by atoms with Crippen molar-refractivity contribution in [2.45, 2.75) is 26.0 Å². The molecule has 21 heavy (non-hydrogen) atoms. The Morgan fingerprint density at radius 1 is 1.19 bits per heavy atom. The number of anilines is 1. The van der Waals surface area contributed by atoms with E-state index < -0.39 is 12.1 Å². The Bertz CT molecular complexity index is 626. The van der Waals surface area contributed by atoms with E-state index in [1.165, 1.54) is 0 Å². The molecule has 0 saturated carbocycles. The number of carbonyl (C=O) groups excluding carboxylic acids is 1. The number of hydrogen-bond acceptors (Lipinski definition) is 3. The Kier molecular flexibility index (Phi) is 4.60. The van der Waals surface area contributed by atoms with Crippen LogP contribution in [0.5, 0.6) is 0 Å². The van der Waals surface area contributed by atoms with Crippen LogP contribution in [-0.4, -0.2) is 17.1 Å². The normalized spacial score (nSPS) is 13.5. The lowest BCUT2D eigenvalue weighted by Gasteiger charge is -2.21. The summed E-state index contributed by atoms with van der Waals surface area (Å²) in [4.78, 5) is 12.3. The van der Waals surface area contributed by atoms with E-state index in [-0.39, 0.29) is 5.91 Å². The molecule has 0 radical (unpaired) electrons. The number of aliphatic hydroxyl groups excluding tert-OH is 1. The summed E-state index contributed by atoms with van der Waals surface area (Å²) in [6.45, 7) is 3.63. The van der Waals surface area contributed by atoms with E-state index in [1.807, 2.05) is 43.3 Å². The highest BCUT2D eigenvalue weighted by Gasteiger charge is 2.19. The minimum atomic E-state index is -0.753. The molecule has 0 aliphatic carbocycles. The molecule has 4 nitrogen and oxygen atoms in total. The molecule has 0 bridgehead atoms. The van der Waals surface area contributed by atoms with Gasteiger partial charge in [-0.2, -0.15) is 0 Å². The zero-order valence-corrected chi connectivity index (χ0v) is 12.2. The summed E-state index contributed by atoms with van der Waals surface area (Å²) in [5, 5.41) is 13.1. The van der Waals surface area contributed by atoms with Crippen molar-refractivity contribution in [2.75, 3.05) is 5.73 Å². The molecule has 0 heterocycles. The van der Waals surface area contributed by atoms with Crippen molar-refractivity contribution >= 4 is 11.6 Å². The average Bonchev–Trinajstić information content (AvgIpc) is 2.49. The van der Waals surface area contributed by atoms with Crippen molar-refractivity contribution in [2.24, 2.45) is 0 Å². The van der Waals surface area contributed by atoms with Crippen LogP contribution in [0.1, 0.15) is 34.5 Å². The maximum absolute atomic E-state index is 12.3. The van der Waals surface area contributed by atoms with E-state index in [1.54, 1.807) is 19.1 Å². The molecule has 0 fully saturated rings. The third kappa shape index (κ3) is 3.61. The molecule has 2 aromatic carbocycles. The van der Waals surface area contributed by atoms with Crippen LogP contribution in [0.4, 0.5) is 5.69 Å². The van der Waals surface area contributed by atoms with E-state index in [2.05, 4.69) is 5.32 Å². The maximum atomic E-state index is 12.3. The number of amides is 1. The van der Waals surface area contributed by atoms with Gasteiger partial charge in [0, 0.05) is 11.3 Å². The fraction of sp³-hybridized carbons (Fsp3) is 0.235. The predicted octanol–water partition coefficient (Wildman–Crippen LogP) is 2.43. The first kappa shape index (κ1) is 15.1. The highest BCUT2D eigenvalue weighted by molar-refractivity contribution is 5.96. The molecule has 2 rings (SSSR count). The molecule has 1 unspecified atom stereocenters. The molecule has 110 valence electrons. The summed E-state index contributed by atoms with van der Waals surface area (Å²) in [6.07, 6.45) is -0.753. The number of benzene rings is 2. The first-order chi connectivity index (χ1) is 9.99. The number of nitrogens with one attached hydrogen (secondary N) is 1. The smallest absolute Gasteiger partial charge is 0.251 e. The number of aliphatic hydroxyl groups is 1. The van der Waals surface area contributed by atoms with Crippen LogP contribution in [0, 0.1) is 6.92 Å². The summed E-state index contributed by atoms with van der Waals surface area (Å²) in [7, 11) is 0. The van der Waals surface area contributed by atoms with E-state index in [0.29, 0.717) is 11.3 Å². The van der Waals surface area contributed by atoms with Gasteiger partial charge in [-0.3, -0.25) is 4.79 Å². The summed E-state index contributed by atoms with van der Waals surface area (Å²) in [6, 6.07) is 14.1. The van der Waals surface area contributed by atoms with Crippen LogP contribution < -0.4 is 11.1 Å². The van der Waals surface area contributed by atoms with E-state index in [0.717, 1.165) is 11.1 Å². The molecular weight excluding hydrogens is 264 g/mol. The number of rotatable bonds is 4. The molecule has 4 N–H and O–H groups in total. The second-order valence-electron chi connectivity index (χ2n) is 5.19. The van der Waals surface area contributed by atoms with E-state index >= 15 is 0 Å². The summed E-state index contributed by atoms with van der Waals surface area (Å²) in [5.74, 6) is -0.234. The lowest BCUT2D eigenvalue weighted by Crippen LogP contribution is -2.37. The second-order valence-corrected chi connectivity index (χ2v) is 5.19. The van der Waals surface area contributed by atoms with Gasteiger partial charge in [-0.1, -0.05) is 36.4 Å². The molecule has 2 aromatic rings. The molecular formula is C17H20N2O2. The Morgan fingerprint density at radius 3 is 2.52 bits per heavy atom. The number of aryl methyl sites for hydroxylation is 1. The number of carbonyl (C=O) groups is 1. The van der Waals surface area contributed by atoms with Crippen molar-refractivity contribution < 1.29 is 9.90 Å².